The molecule has 0 aliphatic heterocycles. The molecule has 1 aromatic carbocycles. The van der Waals surface area contributed by atoms with Crippen LogP contribution in [0.2, 0.25) is 5.02 Å². The fourth-order valence-electron chi connectivity index (χ4n) is 2.73. The number of hydrogen-bond acceptors (Lipinski definition) is 4. The van der Waals surface area contributed by atoms with Gasteiger partial charge in [-0.15, -0.1) is 0 Å². The number of ketones is 2. The molecule has 0 spiro atoms. The number of hydrogen-bond donors (Lipinski definition) is 0. The molecule has 0 aromatic heterocycles. The summed E-state index contributed by atoms with van der Waals surface area (Å²) in [5.41, 5.74) is -0.991. The lowest BCUT2D eigenvalue weighted by Crippen LogP contribution is -2.39. The van der Waals surface area contributed by atoms with Gasteiger partial charge in [0.25, 0.3) is 0 Å². The Labute approximate surface area is 128 Å². The van der Waals surface area contributed by atoms with E-state index in [0.717, 1.165) is 0 Å². The molecule has 1 aromatic rings. The Hall–Kier alpha value is -1.68. The van der Waals surface area contributed by atoms with Crippen LogP contribution in [0.1, 0.15) is 43.0 Å². The van der Waals surface area contributed by atoms with Crippen molar-refractivity contribution in [2.24, 2.45) is 5.41 Å². The third kappa shape index (κ3) is 3.00. The van der Waals surface area contributed by atoms with Crippen molar-refractivity contribution in [3.8, 4) is 0 Å². The predicted octanol–water partition coefficient (Wildman–Crippen LogP) is 3.22. The number of rotatable bonds is 5. The summed E-state index contributed by atoms with van der Waals surface area (Å²) in [6, 6.07) is 6.64. The van der Waals surface area contributed by atoms with Crippen LogP contribution in [0.25, 0.3) is 0 Å². The zero-order valence-corrected chi connectivity index (χ0v) is 12.6. The van der Waals surface area contributed by atoms with Gasteiger partial charge >= 0.3 is 5.97 Å². The summed E-state index contributed by atoms with van der Waals surface area (Å²) < 4.78 is 5.02. The van der Waals surface area contributed by atoms with Crippen molar-refractivity contribution < 1.29 is 19.1 Å². The van der Waals surface area contributed by atoms with E-state index < -0.39 is 11.4 Å². The van der Waals surface area contributed by atoms with Crippen molar-refractivity contribution >= 4 is 29.1 Å². The third-order valence-electron chi connectivity index (χ3n) is 3.84. The molecule has 21 heavy (non-hydrogen) atoms. The van der Waals surface area contributed by atoms with Crippen molar-refractivity contribution in [3.63, 3.8) is 0 Å². The highest BCUT2D eigenvalue weighted by Crippen LogP contribution is 2.40. The molecular weight excluding hydrogens is 292 g/mol. The van der Waals surface area contributed by atoms with Crippen molar-refractivity contribution in [2.45, 2.75) is 32.6 Å². The monoisotopic (exact) mass is 308 g/mol. The summed E-state index contributed by atoms with van der Waals surface area (Å²) in [5, 5.41) is 0.326. The zero-order valence-electron chi connectivity index (χ0n) is 11.9. The van der Waals surface area contributed by atoms with Crippen LogP contribution >= 0.6 is 11.6 Å². The number of Topliss-reactive ketones (excluding diaryl/α,β-unsaturated/α-hetero) is 2. The molecule has 1 fully saturated rings. The van der Waals surface area contributed by atoms with Gasteiger partial charge in [-0.1, -0.05) is 23.7 Å². The van der Waals surface area contributed by atoms with Crippen molar-refractivity contribution in [3.05, 3.63) is 34.9 Å². The van der Waals surface area contributed by atoms with Gasteiger partial charge in [-0.05, 0) is 31.9 Å². The summed E-state index contributed by atoms with van der Waals surface area (Å²) in [6.07, 6.45) is 1.11. The van der Waals surface area contributed by atoms with Crippen LogP contribution < -0.4 is 0 Å². The topological polar surface area (TPSA) is 60.4 Å². The first kappa shape index (κ1) is 15.7. The molecule has 0 bridgehead atoms. The number of ether oxygens (including phenoxy) is 1. The minimum absolute atomic E-state index is 0.172. The molecule has 0 N–H and O–H groups in total. The van der Waals surface area contributed by atoms with Crippen LogP contribution in [-0.2, 0) is 14.3 Å². The Morgan fingerprint density at radius 1 is 1.33 bits per heavy atom. The summed E-state index contributed by atoms with van der Waals surface area (Å²) in [4.78, 5) is 36.8. The van der Waals surface area contributed by atoms with E-state index in [2.05, 4.69) is 0 Å². The van der Waals surface area contributed by atoms with Gasteiger partial charge in [-0.2, -0.15) is 0 Å². The lowest BCUT2D eigenvalue weighted by atomic mass is 9.79. The highest BCUT2D eigenvalue weighted by atomic mass is 35.5. The molecular formula is C16H17ClO4. The summed E-state index contributed by atoms with van der Waals surface area (Å²) in [5.74, 6) is -1.10. The first-order valence-electron chi connectivity index (χ1n) is 6.99. The fourth-order valence-corrected chi connectivity index (χ4v) is 2.97. The molecule has 4 nitrogen and oxygen atoms in total. The standard InChI is InChI=1S/C16H17ClO4/c1-2-21-15(20)16(9-5-8-14(16)19)10-13(18)11-6-3-4-7-12(11)17/h3-4,6-7H,2,5,8-10H2,1H3. The second kappa shape index (κ2) is 6.39. The van der Waals surface area contributed by atoms with E-state index in [1.165, 1.54) is 0 Å². The van der Waals surface area contributed by atoms with E-state index in [0.29, 0.717) is 29.8 Å². The molecule has 1 unspecified atom stereocenters. The maximum Gasteiger partial charge on any atom is 0.320 e. The second-order valence-electron chi connectivity index (χ2n) is 5.16. The van der Waals surface area contributed by atoms with Crippen molar-refractivity contribution in [1.82, 2.24) is 0 Å². The number of esters is 1. The molecule has 0 heterocycles. The molecule has 112 valence electrons. The predicted molar refractivity (Wildman–Crippen MR) is 78.3 cm³/mol. The van der Waals surface area contributed by atoms with Crippen LogP contribution in [0.4, 0.5) is 0 Å². The molecule has 1 saturated carbocycles. The Morgan fingerprint density at radius 3 is 2.62 bits per heavy atom. The quantitative estimate of drug-likeness (QED) is 0.476. The number of benzene rings is 1. The van der Waals surface area contributed by atoms with Gasteiger partial charge in [0.1, 0.15) is 5.41 Å². The first-order valence-corrected chi connectivity index (χ1v) is 7.37. The Morgan fingerprint density at radius 2 is 2.05 bits per heavy atom. The first-order chi connectivity index (χ1) is 10.0. The number of carbonyl (C=O) groups excluding carboxylic acids is 3. The van der Waals surface area contributed by atoms with E-state index in [4.69, 9.17) is 16.3 Å². The highest BCUT2D eigenvalue weighted by Gasteiger charge is 2.51. The molecule has 2 rings (SSSR count). The van der Waals surface area contributed by atoms with E-state index in [-0.39, 0.29) is 24.6 Å². The maximum atomic E-state index is 12.4. The van der Waals surface area contributed by atoms with Crippen LogP contribution in [0.15, 0.2) is 24.3 Å². The SMILES string of the molecule is CCOC(=O)C1(CC(=O)c2ccccc2Cl)CCCC1=O. The summed E-state index contributed by atoms with van der Waals surface area (Å²) in [6.45, 7) is 1.87. The lowest BCUT2D eigenvalue weighted by Gasteiger charge is -2.24. The normalized spacial score (nSPS) is 21.3. The van der Waals surface area contributed by atoms with Gasteiger partial charge in [0, 0.05) is 18.4 Å². The third-order valence-corrected chi connectivity index (χ3v) is 4.17. The lowest BCUT2D eigenvalue weighted by molar-refractivity contribution is -0.158. The van der Waals surface area contributed by atoms with Crippen molar-refractivity contribution in [1.29, 1.82) is 0 Å². The molecule has 0 amide bonds. The number of halogens is 1. The second-order valence-corrected chi connectivity index (χ2v) is 5.57. The van der Waals surface area contributed by atoms with Gasteiger partial charge in [-0.25, -0.2) is 0 Å². The Balaban J connectivity index is 2.28. The van der Waals surface area contributed by atoms with E-state index >= 15 is 0 Å². The van der Waals surface area contributed by atoms with Crippen molar-refractivity contribution in [2.75, 3.05) is 6.61 Å². The summed E-state index contributed by atoms with van der Waals surface area (Å²) >= 11 is 6.01. The minimum Gasteiger partial charge on any atom is -0.465 e. The average molecular weight is 309 g/mol. The van der Waals surface area contributed by atoms with Gasteiger partial charge in [0.05, 0.1) is 11.6 Å². The molecule has 0 saturated heterocycles. The fraction of sp³-hybridized carbons (Fsp3) is 0.438. The van der Waals surface area contributed by atoms with E-state index in [1.54, 1.807) is 31.2 Å². The van der Waals surface area contributed by atoms with Gasteiger partial charge < -0.3 is 4.74 Å². The molecule has 5 heteroatoms. The van der Waals surface area contributed by atoms with Crippen LogP contribution in [0.5, 0.6) is 0 Å². The maximum absolute atomic E-state index is 12.4. The molecule has 1 atom stereocenters. The zero-order chi connectivity index (χ0) is 15.5. The average Bonchev–Trinajstić information content (AvgIpc) is 2.82. The summed E-state index contributed by atoms with van der Waals surface area (Å²) in [7, 11) is 0. The Kier molecular flexibility index (Phi) is 4.78. The van der Waals surface area contributed by atoms with E-state index in [9.17, 15) is 14.4 Å². The number of carbonyl (C=O) groups is 3. The van der Waals surface area contributed by atoms with E-state index in [1.807, 2.05) is 0 Å². The smallest absolute Gasteiger partial charge is 0.320 e. The largest absolute Gasteiger partial charge is 0.465 e. The minimum atomic E-state index is -1.33. The van der Waals surface area contributed by atoms with Gasteiger partial charge in [-0.3, -0.25) is 14.4 Å². The highest BCUT2D eigenvalue weighted by molar-refractivity contribution is 6.34. The Bertz CT molecular complexity index is 581. The van der Waals surface area contributed by atoms with Gasteiger partial charge in [0.15, 0.2) is 11.6 Å². The molecule has 1 aliphatic carbocycles. The molecule has 1 aliphatic rings. The van der Waals surface area contributed by atoms with Crippen LogP contribution in [-0.4, -0.2) is 24.1 Å². The van der Waals surface area contributed by atoms with Gasteiger partial charge in [0.2, 0.25) is 0 Å². The van der Waals surface area contributed by atoms with Crippen LogP contribution in [0.3, 0.4) is 0 Å². The van der Waals surface area contributed by atoms with Crippen LogP contribution in [0, 0.1) is 5.41 Å². The molecule has 0 radical (unpaired) electrons.